The maximum absolute atomic E-state index is 14.1. The summed E-state index contributed by atoms with van der Waals surface area (Å²) < 4.78 is 14.1. The van der Waals surface area contributed by atoms with Crippen LogP contribution in [-0.4, -0.2) is 29.6 Å². The Morgan fingerprint density at radius 1 is 1.00 bits per heavy atom. The van der Waals surface area contributed by atoms with Crippen molar-refractivity contribution in [1.82, 2.24) is 4.90 Å². The molecule has 2 aromatic carbocycles. The van der Waals surface area contributed by atoms with E-state index in [9.17, 15) is 9.50 Å². The number of aliphatic hydroxyl groups excluding tert-OH is 1. The summed E-state index contributed by atoms with van der Waals surface area (Å²) in [7, 11) is 0. The zero-order chi connectivity index (χ0) is 19.7. The van der Waals surface area contributed by atoms with E-state index in [1.54, 1.807) is 6.07 Å². The average Bonchev–Trinajstić information content (AvgIpc) is 2.83. The molecule has 2 atom stereocenters. The zero-order valence-electron chi connectivity index (χ0n) is 15.9. The minimum Gasteiger partial charge on any atom is -0.388 e. The van der Waals surface area contributed by atoms with E-state index < -0.39 is 6.10 Å². The van der Waals surface area contributed by atoms with Crippen LogP contribution in [0.5, 0.6) is 0 Å². The Kier molecular flexibility index (Phi) is 6.27. The standard InChI is InChI=1S/C23H26Cl2FNO/c24-19-4-2-5-20(25)23(19)16-9-11-27(12-10-16)14-15-7-8-17-18(22(28)13-15)3-1-6-21(17)26/h1-6,15-16,22,28H,7-14H2. The maximum atomic E-state index is 14.1. The molecule has 4 rings (SSSR count). The van der Waals surface area contributed by atoms with Crippen LogP contribution in [0.4, 0.5) is 4.39 Å². The Balaban J connectivity index is 1.36. The molecule has 1 aliphatic carbocycles. The van der Waals surface area contributed by atoms with E-state index in [1.807, 2.05) is 24.3 Å². The van der Waals surface area contributed by atoms with Crippen molar-refractivity contribution >= 4 is 23.2 Å². The number of hydrogen-bond acceptors (Lipinski definition) is 2. The molecule has 1 heterocycles. The molecule has 2 nitrogen and oxygen atoms in total. The van der Waals surface area contributed by atoms with Crippen LogP contribution in [0.25, 0.3) is 0 Å². The predicted molar refractivity (Wildman–Crippen MR) is 113 cm³/mol. The maximum Gasteiger partial charge on any atom is 0.126 e. The van der Waals surface area contributed by atoms with Gasteiger partial charge in [0.25, 0.3) is 0 Å². The summed E-state index contributed by atoms with van der Waals surface area (Å²) in [5.74, 6) is 0.590. The van der Waals surface area contributed by atoms with Crippen LogP contribution in [-0.2, 0) is 6.42 Å². The molecule has 28 heavy (non-hydrogen) atoms. The molecule has 1 aliphatic heterocycles. The summed E-state index contributed by atoms with van der Waals surface area (Å²) in [5, 5.41) is 12.1. The molecule has 5 heteroatoms. The molecule has 0 aromatic heterocycles. The smallest absolute Gasteiger partial charge is 0.126 e. The number of fused-ring (bicyclic) bond motifs is 1. The quantitative estimate of drug-likeness (QED) is 0.614. The van der Waals surface area contributed by atoms with Crippen LogP contribution >= 0.6 is 23.2 Å². The third-order valence-corrected chi connectivity index (χ3v) is 7.04. The van der Waals surface area contributed by atoms with E-state index in [0.717, 1.165) is 60.1 Å². The van der Waals surface area contributed by atoms with Gasteiger partial charge in [0, 0.05) is 16.6 Å². The lowest BCUT2D eigenvalue weighted by molar-refractivity contribution is 0.117. The number of piperidine rings is 1. The summed E-state index contributed by atoms with van der Waals surface area (Å²) in [5.41, 5.74) is 2.56. The molecule has 1 saturated heterocycles. The molecule has 0 radical (unpaired) electrons. The monoisotopic (exact) mass is 421 g/mol. The Labute approximate surface area is 176 Å². The van der Waals surface area contributed by atoms with Gasteiger partial charge in [-0.05, 0) is 91.9 Å². The summed E-state index contributed by atoms with van der Waals surface area (Å²) in [4.78, 5) is 2.48. The fourth-order valence-electron chi connectivity index (χ4n) is 4.90. The van der Waals surface area contributed by atoms with Gasteiger partial charge in [0.2, 0.25) is 0 Å². The SMILES string of the molecule is OC1CC(CN2CCC(c3c(Cl)cccc3Cl)CC2)CCc2c(F)cccc21. The van der Waals surface area contributed by atoms with Crippen LogP contribution in [0.15, 0.2) is 36.4 Å². The largest absolute Gasteiger partial charge is 0.388 e. The molecule has 0 spiro atoms. The summed E-state index contributed by atoms with van der Waals surface area (Å²) >= 11 is 12.8. The Hall–Kier alpha value is -1.13. The fourth-order valence-corrected chi connectivity index (χ4v) is 5.60. The highest BCUT2D eigenvalue weighted by atomic mass is 35.5. The van der Waals surface area contributed by atoms with Gasteiger partial charge in [0.15, 0.2) is 0 Å². The van der Waals surface area contributed by atoms with E-state index in [2.05, 4.69) is 4.90 Å². The first-order valence-electron chi connectivity index (χ1n) is 10.1. The summed E-state index contributed by atoms with van der Waals surface area (Å²) in [6.45, 7) is 2.95. The molecule has 1 N–H and O–H groups in total. The Morgan fingerprint density at radius 3 is 2.39 bits per heavy atom. The second-order valence-corrected chi connectivity index (χ2v) is 8.99. The van der Waals surface area contributed by atoms with Crippen molar-refractivity contribution in [3.8, 4) is 0 Å². The topological polar surface area (TPSA) is 23.5 Å². The lowest BCUT2D eigenvalue weighted by atomic mass is 9.88. The van der Waals surface area contributed by atoms with Crippen LogP contribution in [0.1, 0.15) is 54.4 Å². The lowest BCUT2D eigenvalue weighted by Gasteiger charge is -2.35. The van der Waals surface area contributed by atoms with Gasteiger partial charge in [-0.2, -0.15) is 0 Å². The van der Waals surface area contributed by atoms with Gasteiger partial charge in [0.1, 0.15) is 5.82 Å². The molecule has 2 aromatic rings. The van der Waals surface area contributed by atoms with Gasteiger partial charge in [0.05, 0.1) is 6.10 Å². The van der Waals surface area contributed by atoms with Crippen molar-refractivity contribution < 1.29 is 9.50 Å². The number of aliphatic hydroxyl groups is 1. The highest BCUT2D eigenvalue weighted by Gasteiger charge is 2.29. The van der Waals surface area contributed by atoms with Crippen LogP contribution in [0, 0.1) is 11.7 Å². The number of likely N-dealkylation sites (tertiary alicyclic amines) is 1. The molecule has 2 unspecified atom stereocenters. The van der Waals surface area contributed by atoms with Gasteiger partial charge in [-0.3, -0.25) is 0 Å². The second kappa shape index (κ2) is 8.71. The normalized spacial score (nSPS) is 24.0. The lowest BCUT2D eigenvalue weighted by Crippen LogP contribution is -2.37. The summed E-state index contributed by atoms with van der Waals surface area (Å²) in [6, 6.07) is 10.8. The first-order chi connectivity index (χ1) is 13.5. The van der Waals surface area contributed by atoms with Gasteiger partial charge in [-0.1, -0.05) is 41.4 Å². The Morgan fingerprint density at radius 2 is 1.68 bits per heavy atom. The van der Waals surface area contributed by atoms with Gasteiger partial charge >= 0.3 is 0 Å². The second-order valence-electron chi connectivity index (χ2n) is 8.17. The first kappa shape index (κ1) is 20.2. The molecule has 0 saturated carbocycles. The highest BCUT2D eigenvalue weighted by Crippen LogP contribution is 2.38. The number of hydrogen-bond donors (Lipinski definition) is 1. The van der Waals surface area contributed by atoms with E-state index in [0.29, 0.717) is 30.2 Å². The highest BCUT2D eigenvalue weighted by molar-refractivity contribution is 6.36. The molecule has 1 fully saturated rings. The van der Waals surface area contributed by atoms with E-state index >= 15 is 0 Å². The van der Waals surface area contributed by atoms with Crippen molar-refractivity contribution in [2.75, 3.05) is 19.6 Å². The first-order valence-corrected chi connectivity index (χ1v) is 10.9. The summed E-state index contributed by atoms with van der Waals surface area (Å²) in [6.07, 6.45) is 3.82. The van der Waals surface area contributed by atoms with E-state index in [1.165, 1.54) is 6.07 Å². The molecular weight excluding hydrogens is 396 g/mol. The van der Waals surface area contributed by atoms with Gasteiger partial charge in [-0.25, -0.2) is 4.39 Å². The van der Waals surface area contributed by atoms with E-state index in [-0.39, 0.29) is 5.82 Å². The van der Waals surface area contributed by atoms with Crippen molar-refractivity contribution in [3.05, 3.63) is 69.0 Å². The average molecular weight is 422 g/mol. The number of nitrogens with zero attached hydrogens (tertiary/aromatic N) is 1. The molecule has 0 amide bonds. The van der Waals surface area contributed by atoms with Crippen molar-refractivity contribution in [3.63, 3.8) is 0 Å². The third-order valence-electron chi connectivity index (χ3n) is 6.39. The van der Waals surface area contributed by atoms with Crippen LogP contribution in [0.3, 0.4) is 0 Å². The van der Waals surface area contributed by atoms with Crippen molar-refractivity contribution in [2.45, 2.75) is 44.1 Å². The van der Waals surface area contributed by atoms with E-state index in [4.69, 9.17) is 23.2 Å². The van der Waals surface area contributed by atoms with Gasteiger partial charge in [-0.15, -0.1) is 0 Å². The molecule has 150 valence electrons. The Bertz CT molecular complexity index is 815. The third kappa shape index (κ3) is 4.23. The fraction of sp³-hybridized carbons (Fsp3) is 0.478. The molecule has 2 aliphatic rings. The number of benzene rings is 2. The zero-order valence-corrected chi connectivity index (χ0v) is 17.4. The van der Waals surface area contributed by atoms with Crippen LogP contribution in [0.2, 0.25) is 10.0 Å². The number of rotatable bonds is 3. The predicted octanol–water partition coefficient (Wildman–Crippen LogP) is 6.00. The van der Waals surface area contributed by atoms with Crippen molar-refractivity contribution in [1.29, 1.82) is 0 Å². The molecular formula is C23H26Cl2FNO. The minimum atomic E-state index is -0.572. The van der Waals surface area contributed by atoms with Crippen LogP contribution < -0.4 is 0 Å². The number of halogens is 3. The molecule has 0 bridgehead atoms. The minimum absolute atomic E-state index is 0.186. The van der Waals surface area contributed by atoms with Gasteiger partial charge < -0.3 is 10.0 Å². The van der Waals surface area contributed by atoms with Crippen molar-refractivity contribution in [2.24, 2.45) is 5.92 Å².